The second-order valence-electron chi connectivity index (χ2n) is 9.02. The van der Waals surface area contributed by atoms with Crippen LogP contribution in [0.5, 0.6) is 5.75 Å². The smallest absolute Gasteiger partial charge is 0.416 e. The molecule has 1 N–H and O–H groups in total. The van der Waals surface area contributed by atoms with Crippen molar-refractivity contribution in [2.45, 2.75) is 42.5 Å². The molecule has 37 heavy (non-hydrogen) atoms. The van der Waals surface area contributed by atoms with Crippen molar-refractivity contribution in [3.63, 3.8) is 0 Å². The first-order valence-electron chi connectivity index (χ1n) is 12.0. The molecule has 1 aliphatic heterocycles. The fourth-order valence-electron chi connectivity index (χ4n) is 4.34. The predicted octanol–water partition coefficient (Wildman–Crippen LogP) is 6.31. The van der Waals surface area contributed by atoms with Crippen LogP contribution in [0.25, 0.3) is 0 Å². The van der Waals surface area contributed by atoms with Crippen LogP contribution < -0.4 is 9.46 Å². The fraction of sp³-hybridized carbons (Fsp3) is 0.333. The number of piperidine rings is 1. The van der Waals surface area contributed by atoms with E-state index < -0.39 is 21.8 Å². The summed E-state index contributed by atoms with van der Waals surface area (Å²) >= 11 is 5.94. The van der Waals surface area contributed by atoms with E-state index in [1.54, 1.807) is 12.1 Å². The molecule has 1 atom stereocenters. The van der Waals surface area contributed by atoms with Gasteiger partial charge in [-0.05, 0) is 74.0 Å². The second kappa shape index (κ2) is 11.9. The lowest BCUT2D eigenvalue weighted by Crippen LogP contribution is -2.45. The highest BCUT2D eigenvalue weighted by Gasteiger charge is 2.30. The number of halogens is 4. The molecular formula is C27H28ClF3N2O3S. The summed E-state index contributed by atoms with van der Waals surface area (Å²) in [5, 5.41) is 0.365. The van der Waals surface area contributed by atoms with Crippen LogP contribution in [0.15, 0.2) is 83.8 Å². The van der Waals surface area contributed by atoms with Gasteiger partial charge in [0.05, 0.1) is 10.5 Å². The minimum atomic E-state index is -4.40. The van der Waals surface area contributed by atoms with Crippen molar-refractivity contribution in [3.8, 4) is 5.75 Å². The molecule has 0 spiro atoms. The SMILES string of the molecule is O=S(=O)(NC1CCN(CCC(Oc2ccc(C(F)(F)F)cc2)c2ccccc2)CC1)c1cccc(Cl)c1. The van der Waals surface area contributed by atoms with Crippen LogP contribution in [-0.4, -0.2) is 39.0 Å². The van der Waals surface area contributed by atoms with Crippen LogP contribution in [0.1, 0.15) is 36.5 Å². The average molecular weight is 553 g/mol. The highest BCUT2D eigenvalue weighted by molar-refractivity contribution is 7.89. The third-order valence-corrected chi connectivity index (χ3v) is 8.11. The van der Waals surface area contributed by atoms with Gasteiger partial charge in [0.2, 0.25) is 10.0 Å². The third kappa shape index (κ3) is 7.70. The summed E-state index contributed by atoms with van der Waals surface area (Å²) in [5.74, 6) is 0.371. The Morgan fingerprint density at radius 2 is 1.65 bits per heavy atom. The Labute approximate surface area is 220 Å². The standard InChI is InChI=1S/C27H28ClF3N2O3S/c28-22-7-4-8-25(19-22)37(34,35)32-23-13-16-33(17-14-23)18-15-26(20-5-2-1-3-6-20)36-24-11-9-21(10-12-24)27(29,30)31/h1-12,19,23,26,32H,13-18H2. The summed E-state index contributed by atoms with van der Waals surface area (Å²) in [5.41, 5.74) is 0.219. The fourth-order valence-corrected chi connectivity index (χ4v) is 5.95. The summed E-state index contributed by atoms with van der Waals surface area (Å²) < 4.78 is 73.0. The zero-order valence-corrected chi connectivity index (χ0v) is 21.6. The number of nitrogens with one attached hydrogen (secondary N) is 1. The topological polar surface area (TPSA) is 58.6 Å². The van der Waals surface area contributed by atoms with Crippen LogP contribution >= 0.6 is 11.6 Å². The molecule has 0 aliphatic carbocycles. The lowest BCUT2D eigenvalue weighted by atomic mass is 10.0. The predicted molar refractivity (Wildman–Crippen MR) is 137 cm³/mol. The van der Waals surface area contributed by atoms with Crippen molar-refractivity contribution >= 4 is 21.6 Å². The lowest BCUT2D eigenvalue weighted by molar-refractivity contribution is -0.137. The van der Waals surface area contributed by atoms with Crippen molar-refractivity contribution in [3.05, 3.63) is 95.0 Å². The highest BCUT2D eigenvalue weighted by Crippen LogP contribution is 2.32. The number of benzene rings is 3. The molecule has 1 aliphatic rings. The van der Waals surface area contributed by atoms with Crippen LogP contribution in [0.2, 0.25) is 5.02 Å². The summed E-state index contributed by atoms with van der Waals surface area (Å²) in [7, 11) is -3.65. The number of ether oxygens (including phenoxy) is 1. The molecule has 0 amide bonds. The van der Waals surface area contributed by atoms with Gasteiger partial charge in [-0.25, -0.2) is 13.1 Å². The zero-order valence-electron chi connectivity index (χ0n) is 20.0. The Morgan fingerprint density at radius 3 is 2.27 bits per heavy atom. The largest absolute Gasteiger partial charge is 0.486 e. The summed E-state index contributed by atoms with van der Waals surface area (Å²) in [4.78, 5) is 2.39. The summed E-state index contributed by atoms with van der Waals surface area (Å²) in [6, 6.07) is 20.3. The van der Waals surface area contributed by atoms with Gasteiger partial charge in [0.15, 0.2) is 0 Å². The van der Waals surface area contributed by atoms with Gasteiger partial charge < -0.3 is 9.64 Å². The molecule has 198 valence electrons. The normalized spacial score (nSPS) is 16.4. The number of alkyl halides is 3. The van der Waals surface area contributed by atoms with Gasteiger partial charge in [0.25, 0.3) is 0 Å². The Morgan fingerprint density at radius 1 is 0.973 bits per heavy atom. The third-order valence-electron chi connectivity index (χ3n) is 6.35. The molecule has 0 bridgehead atoms. The van der Waals surface area contributed by atoms with Gasteiger partial charge in [0, 0.05) is 24.0 Å². The molecule has 1 heterocycles. The van der Waals surface area contributed by atoms with E-state index in [0.717, 1.165) is 17.7 Å². The molecule has 4 rings (SSSR count). The monoisotopic (exact) mass is 552 g/mol. The van der Waals surface area contributed by atoms with Crippen molar-refractivity contribution in [2.75, 3.05) is 19.6 Å². The minimum absolute atomic E-state index is 0.147. The quantitative estimate of drug-likeness (QED) is 0.338. The number of hydrogen-bond acceptors (Lipinski definition) is 4. The van der Waals surface area contributed by atoms with Gasteiger partial charge in [-0.15, -0.1) is 0 Å². The van der Waals surface area contributed by atoms with Gasteiger partial charge in [-0.2, -0.15) is 13.2 Å². The van der Waals surface area contributed by atoms with Crippen molar-refractivity contribution in [2.24, 2.45) is 0 Å². The summed E-state index contributed by atoms with van der Waals surface area (Å²) in [6.45, 7) is 2.13. The van der Waals surface area contributed by atoms with Crippen LogP contribution in [0.4, 0.5) is 13.2 Å². The maximum absolute atomic E-state index is 12.9. The first-order valence-corrected chi connectivity index (χ1v) is 13.9. The van der Waals surface area contributed by atoms with Gasteiger partial charge in [-0.1, -0.05) is 48.0 Å². The maximum Gasteiger partial charge on any atom is 0.416 e. The van der Waals surface area contributed by atoms with E-state index in [2.05, 4.69) is 9.62 Å². The number of nitrogens with zero attached hydrogens (tertiary/aromatic N) is 1. The summed E-state index contributed by atoms with van der Waals surface area (Å²) in [6.07, 6.45) is -2.78. The number of rotatable bonds is 9. The molecule has 3 aromatic carbocycles. The van der Waals surface area contributed by atoms with Crippen molar-refractivity contribution in [1.82, 2.24) is 9.62 Å². The van der Waals surface area contributed by atoms with Gasteiger partial charge >= 0.3 is 6.18 Å². The van der Waals surface area contributed by atoms with E-state index in [1.807, 2.05) is 30.3 Å². The Hall–Kier alpha value is -2.59. The molecule has 1 fully saturated rings. The number of likely N-dealkylation sites (tertiary alicyclic amines) is 1. The van der Waals surface area contributed by atoms with E-state index in [1.165, 1.54) is 24.3 Å². The minimum Gasteiger partial charge on any atom is -0.486 e. The van der Waals surface area contributed by atoms with Gasteiger partial charge in [0.1, 0.15) is 11.9 Å². The average Bonchev–Trinajstić information content (AvgIpc) is 2.87. The molecule has 3 aromatic rings. The molecule has 0 radical (unpaired) electrons. The Balaban J connectivity index is 1.33. The van der Waals surface area contributed by atoms with Gasteiger partial charge in [-0.3, -0.25) is 0 Å². The second-order valence-corrected chi connectivity index (χ2v) is 11.2. The first-order chi connectivity index (χ1) is 17.6. The molecular weight excluding hydrogens is 525 g/mol. The maximum atomic E-state index is 12.9. The Kier molecular flexibility index (Phi) is 8.79. The first kappa shape index (κ1) is 27.4. The molecule has 0 saturated carbocycles. The lowest BCUT2D eigenvalue weighted by Gasteiger charge is -2.33. The number of hydrogen-bond donors (Lipinski definition) is 1. The highest BCUT2D eigenvalue weighted by atomic mass is 35.5. The molecule has 1 unspecified atom stereocenters. The van der Waals surface area contributed by atoms with E-state index in [-0.39, 0.29) is 17.0 Å². The zero-order chi connectivity index (χ0) is 26.5. The number of sulfonamides is 1. The van der Waals surface area contributed by atoms with E-state index >= 15 is 0 Å². The van der Waals surface area contributed by atoms with Crippen LogP contribution in [-0.2, 0) is 16.2 Å². The van der Waals surface area contributed by atoms with Crippen molar-refractivity contribution in [1.29, 1.82) is 0 Å². The van der Waals surface area contributed by atoms with Crippen LogP contribution in [0.3, 0.4) is 0 Å². The van der Waals surface area contributed by atoms with E-state index in [0.29, 0.717) is 49.7 Å². The molecule has 1 saturated heterocycles. The van der Waals surface area contributed by atoms with Crippen molar-refractivity contribution < 1.29 is 26.3 Å². The van der Waals surface area contributed by atoms with E-state index in [4.69, 9.17) is 16.3 Å². The van der Waals surface area contributed by atoms with E-state index in [9.17, 15) is 21.6 Å². The Bertz CT molecular complexity index is 1260. The van der Waals surface area contributed by atoms with Crippen LogP contribution in [0, 0.1) is 0 Å². The molecule has 10 heteroatoms. The molecule has 0 aromatic heterocycles. The molecule has 5 nitrogen and oxygen atoms in total.